The van der Waals surface area contributed by atoms with E-state index in [-0.39, 0.29) is 11.6 Å². The molecule has 0 aromatic heterocycles. The molecule has 2 saturated heterocycles. The van der Waals surface area contributed by atoms with Crippen LogP contribution in [0.1, 0.15) is 42.9 Å². The zero-order valence-corrected chi connectivity index (χ0v) is 12.8. The third-order valence-corrected chi connectivity index (χ3v) is 5.02. The zero-order valence-electron chi connectivity index (χ0n) is 12.8. The van der Waals surface area contributed by atoms with Gasteiger partial charge in [-0.15, -0.1) is 0 Å². The Hall–Kier alpha value is -0.940. The fraction of sp³-hybridized carbons (Fsp3) is 0.647. The minimum atomic E-state index is 0.0148. The first-order chi connectivity index (χ1) is 10.2. The van der Waals surface area contributed by atoms with Gasteiger partial charge < -0.3 is 9.47 Å². The molecule has 2 aliphatic heterocycles. The number of aryl methyl sites for hydroxylation is 1. The summed E-state index contributed by atoms with van der Waals surface area (Å²) in [5.41, 5.74) is 5.61. The molecule has 2 atom stereocenters. The Bertz CT molecular complexity index is 449. The van der Waals surface area contributed by atoms with Crippen molar-refractivity contribution in [2.45, 2.75) is 44.2 Å². The second kappa shape index (κ2) is 6.44. The Morgan fingerprint density at radius 2 is 1.90 bits per heavy atom. The number of hydrazine groups is 1. The third kappa shape index (κ3) is 3.29. The maximum absolute atomic E-state index is 6.14. The Balaban J connectivity index is 1.75. The monoisotopic (exact) mass is 290 g/mol. The fourth-order valence-electron chi connectivity index (χ4n) is 3.72. The van der Waals surface area contributed by atoms with Gasteiger partial charge in [0.2, 0.25) is 0 Å². The lowest BCUT2D eigenvalue weighted by atomic mass is 9.76. The predicted molar refractivity (Wildman–Crippen MR) is 82.7 cm³/mol. The lowest BCUT2D eigenvalue weighted by Crippen LogP contribution is -2.47. The van der Waals surface area contributed by atoms with Crippen LogP contribution in [-0.4, -0.2) is 25.4 Å². The number of benzene rings is 1. The third-order valence-electron chi connectivity index (χ3n) is 5.02. The summed E-state index contributed by atoms with van der Waals surface area (Å²) in [6, 6.07) is 8.89. The highest BCUT2D eigenvalue weighted by Gasteiger charge is 2.41. The van der Waals surface area contributed by atoms with Gasteiger partial charge in [-0.05, 0) is 44.1 Å². The largest absolute Gasteiger partial charge is 0.381 e. The Morgan fingerprint density at radius 1 is 1.19 bits per heavy atom. The van der Waals surface area contributed by atoms with Gasteiger partial charge >= 0.3 is 0 Å². The van der Waals surface area contributed by atoms with Crippen LogP contribution in [0.3, 0.4) is 0 Å². The van der Waals surface area contributed by atoms with Crippen molar-refractivity contribution in [1.29, 1.82) is 0 Å². The Kier molecular flexibility index (Phi) is 4.60. The molecule has 2 unspecified atom stereocenters. The minimum absolute atomic E-state index is 0.0148. The van der Waals surface area contributed by atoms with Gasteiger partial charge in [-0.2, -0.15) is 0 Å². The Labute approximate surface area is 127 Å². The number of nitrogens with two attached hydrogens (primary N) is 1. The van der Waals surface area contributed by atoms with Crippen molar-refractivity contribution >= 4 is 0 Å². The summed E-state index contributed by atoms with van der Waals surface area (Å²) in [7, 11) is 0. The maximum atomic E-state index is 6.14. The second-order valence-corrected chi connectivity index (χ2v) is 6.45. The highest BCUT2D eigenvalue weighted by molar-refractivity contribution is 5.24. The average molecular weight is 290 g/mol. The van der Waals surface area contributed by atoms with Crippen LogP contribution in [0.2, 0.25) is 0 Å². The van der Waals surface area contributed by atoms with E-state index in [0.717, 1.165) is 45.5 Å². The van der Waals surface area contributed by atoms with Gasteiger partial charge in [0, 0.05) is 25.9 Å². The molecule has 0 radical (unpaired) electrons. The van der Waals surface area contributed by atoms with Gasteiger partial charge in [0.1, 0.15) is 0 Å². The lowest BCUT2D eigenvalue weighted by molar-refractivity contribution is -0.150. The molecule has 1 spiro atoms. The van der Waals surface area contributed by atoms with Crippen molar-refractivity contribution in [1.82, 2.24) is 5.43 Å². The molecule has 0 bridgehead atoms. The molecule has 0 saturated carbocycles. The van der Waals surface area contributed by atoms with E-state index in [0.29, 0.717) is 5.92 Å². The summed E-state index contributed by atoms with van der Waals surface area (Å²) in [6.45, 7) is 4.57. The van der Waals surface area contributed by atoms with Crippen LogP contribution < -0.4 is 11.3 Å². The topological polar surface area (TPSA) is 56.5 Å². The first-order valence-corrected chi connectivity index (χ1v) is 7.97. The Morgan fingerprint density at radius 3 is 2.57 bits per heavy atom. The first-order valence-electron chi connectivity index (χ1n) is 7.97. The van der Waals surface area contributed by atoms with E-state index < -0.39 is 0 Å². The van der Waals surface area contributed by atoms with Crippen LogP contribution in [0.25, 0.3) is 0 Å². The molecule has 1 aromatic rings. The highest BCUT2D eigenvalue weighted by Crippen LogP contribution is 2.41. The molecular weight excluding hydrogens is 264 g/mol. The first kappa shape index (κ1) is 15.0. The van der Waals surface area contributed by atoms with E-state index >= 15 is 0 Å². The standard InChI is InChI=1S/C17H26N2O2/c1-13-2-4-14(5-3-13)16(19-18)15-6-9-21-17(12-15)7-10-20-11-8-17/h2-5,15-16,19H,6-12,18H2,1H3. The van der Waals surface area contributed by atoms with Crippen LogP contribution in [0.15, 0.2) is 24.3 Å². The number of rotatable bonds is 3. The molecule has 2 heterocycles. The van der Waals surface area contributed by atoms with Gasteiger partial charge in [0.25, 0.3) is 0 Å². The second-order valence-electron chi connectivity index (χ2n) is 6.45. The summed E-state index contributed by atoms with van der Waals surface area (Å²) in [5, 5.41) is 0. The van der Waals surface area contributed by atoms with Crippen LogP contribution in [0, 0.1) is 12.8 Å². The quantitative estimate of drug-likeness (QED) is 0.663. The maximum Gasteiger partial charge on any atom is 0.0729 e. The van der Waals surface area contributed by atoms with E-state index in [4.69, 9.17) is 15.3 Å². The van der Waals surface area contributed by atoms with E-state index in [1.54, 1.807) is 0 Å². The molecule has 4 heteroatoms. The molecule has 0 aliphatic carbocycles. The molecule has 2 aliphatic rings. The summed E-state index contributed by atoms with van der Waals surface area (Å²) in [6.07, 6.45) is 4.15. The van der Waals surface area contributed by atoms with Crippen LogP contribution in [0.4, 0.5) is 0 Å². The molecule has 3 rings (SSSR count). The normalized spacial score (nSPS) is 26.7. The zero-order chi connectivity index (χ0) is 14.7. The van der Waals surface area contributed by atoms with Crippen molar-refractivity contribution in [3.63, 3.8) is 0 Å². The van der Waals surface area contributed by atoms with Crippen LogP contribution in [-0.2, 0) is 9.47 Å². The molecule has 4 nitrogen and oxygen atoms in total. The summed E-state index contributed by atoms with van der Waals surface area (Å²) in [4.78, 5) is 0. The average Bonchev–Trinajstić information content (AvgIpc) is 2.51. The lowest BCUT2D eigenvalue weighted by Gasteiger charge is -2.45. The van der Waals surface area contributed by atoms with Gasteiger partial charge in [0.05, 0.1) is 5.60 Å². The van der Waals surface area contributed by atoms with E-state index in [1.807, 2.05) is 0 Å². The molecule has 0 amide bonds. The number of nitrogens with one attached hydrogen (secondary N) is 1. The van der Waals surface area contributed by atoms with Crippen LogP contribution in [0.5, 0.6) is 0 Å². The van der Waals surface area contributed by atoms with Crippen molar-refractivity contribution < 1.29 is 9.47 Å². The van der Waals surface area contributed by atoms with Crippen molar-refractivity contribution in [2.75, 3.05) is 19.8 Å². The fourth-order valence-corrected chi connectivity index (χ4v) is 3.72. The number of hydrogen-bond donors (Lipinski definition) is 2. The predicted octanol–water partition coefficient (Wildman–Crippen LogP) is 2.48. The summed E-state index contributed by atoms with van der Waals surface area (Å²) >= 11 is 0. The van der Waals surface area contributed by atoms with Crippen molar-refractivity contribution in [2.24, 2.45) is 11.8 Å². The molecule has 2 fully saturated rings. The summed E-state index contributed by atoms with van der Waals surface area (Å²) in [5.74, 6) is 6.39. The molecule has 3 N–H and O–H groups in total. The van der Waals surface area contributed by atoms with Crippen molar-refractivity contribution in [3.8, 4) is 0 Å². The minimum Gasteiger partial charge on any atom is -0.381 e. The SMILES string of the molecule is Cc1ccc(C(NN)C2CCOC3(CCOCC3)C2)cc1. The molecule has 116 valence electrons. The van der Waals surface area contributed by atoms with Gasteiger partial charge in [-0.25, -0.2) is 0 Å². The smallest absolute Gasteiger partial charge is 0.0729 e. The summed E-state index contributed by atoms with van der Waals surface area (Å²) < 4.78 is 11.6. The number of hydrogen-bond acceptors (Lipinski definition) is 4. The van der Waals surface area contributed by atoms with Gasteiger partial charge in [-0.1, -0.05) is 29.8 Å². The highest BCUT2D eigenvalue weighted by atomic mass is 16.5. The van der Waals surface area contributed by atoms with Crippen LogP contribution >= 0.6 is 0 Å². The molecular formula is C17H26N2O2. The van der Waals surface area contributed by atoms with E-state index in [1.165, 1.54) is 11.1 Å². The number of ether oxygens (including phenoxy) is 2. The van der Waals surface area contributed by atoms with Gasteiger partial charge in [-0.3, -0.25) is 11.3 Å². The molecule has 21 heavy (non-hydrogen) atoms. The van der Waals surface area contributed by atoms with Gasteiger partial charge in [0.15, 0.2) is 0 Å². The van der Waals surface area contributed by atoms with E-state index in [2.05, 4.69) is 36.6 Å². The van der Waals surface area contributed by atoms with E-state index in [9.17, 15) is 0 Å². The van der Waals surface area contributed by atoms with Crippen molar-refractivity contribution in [3.05, 3.63) is 35.4 Å². The molecule has 1 aromatic carbocycles.